The van der Waals surface area contributed by atoms with Crippen LogP contribution in [0.5, 0.6) is 11.8 Å². The van der Waals surface area contributed by atoms with Gasteiger partial charge in [0.15, 0.2) is 0 Å². The van der Waals surface area contributed by atoms with Crippen molar-refractivity contribution in [2.75, 3.05) is 53.2 Å². The minimum absolute atomic E-state index is 0.0602. The molecule has 0 amide bonds. The highest BCUT2D eigenvalue weighted by molar-refractivity contribution is 6.99. The molecule has 10 nitrogen and oxygen atoms in total. The van der Waals surface area contributed by atoms with Gasteiger partial charge < -0.3 is 19.5 Å². The first-order valence-electron chi connectivity index (χ1n) is 22.5. The van der Waals surface area contributed by atoms with Crippen LogP contribution in [0.1, 0.15) is 188 Å². The number of rotatable bonds is 26. The van der Waals surface area contributed by atoms with Crippen molar-refractivity contribution in [3.63, 3.8) is 0 Å². The minimum atomic E-state index is -0.0602. The number of hydrogen-bond acceptors (Lipinski definition) is 11. The lowest BCUT2D eigenvalue weighted by molar-refractivity contribution is -0.919. The van der Waals surface area contributed by atoms with E-state index >= 15 is 0 Å². The number of nitrogens with one attached hydrogen (secondary N) is 1. The Hall–Kier alpha value is -2.41. The van der Waals surface area contributed by atoms with Crippen molar-refractivity contribution >= 4 is 40.6 Å². The molecule has 56 heavy (non-hydrogen) atoms. The highest BCUT2D eigenvalue weighted by Crippen LogP contribution is 2.30. The molecule has 0 radical (unpaired) electrons. The molecule has 4 rings (SSSR count). The van der Waals surface area contributed by atoms with Crippen LogP contribution in [0.4, 0.5) is 0 Å². The number of ether oxygens (including phenoxy) is 3. The van der Waals surface area contributed by atoms with Crippen LogP contribution in [0.2, 0.25) is 0 Å². The van der Waals surface area contributed by atoms with Crippen LogP contribution >= 0.6 is 23.5 Å². The molecule has 0 aliphatic carbocycles. The SMILES string of the molecule is CC.CC.CCCCCCCCCCCCCCCC(=O)OC[N+]1(C)CCC=C(c2nsnc2OCCCCCC)C1.CCOc1nsnc1C1=CCCNC1. The summed E-state index contributed by atoms with van der Waals surface area (Å²) < 4.78 is 35.1. The van der Waals surface area contributed by atoms with Gasteiger partial charge in [0.2, 0.25) is 6.73 Å². The Bertz CT molecular complexity index is 1300. The van der Waals surface area contributed by atoms with Gasteiger partial charge in [-0.1, -0.05) is 150 Å². The van der Waals surface area contributed by atoms with E-state index in [4.69, 9.17) is 14.2 Å². The predicted molar refractivity (Wildman–Crippen MR) is 239 cm³/mol. The van der Waals surface area contributed by atoms with Crippen molar-refractivity contribution in [3.05, 3.63) is 23.5 Å². The van der Waals surface area contributed by atoms with Gasteiger partial charge in [-0.05, 0) is 38.3 Å². The molecule has 2 aliphatic heterocycles. The Morgan fingerprint density at radius 1 is 0.679 bits per heavy atom. The van der Waals surface area contributed by atoms with Gasteiger partial charge in [-0.3, -0.25) is 9.28 Å². The summed E-state index contributed by atoms with van der Waals surface area (Å²) in [6, 6.07) is 0. The fourth-order valence-corrected chi connectivity index (χ4v) is 7.64. The normalized spacial score (nSPS) is 16.1. The van der Waals surface area contributed by atoms with Crippen LogP contribution in [-0.4, -0.2) is 81.1 Å². The zero-order valence-electron chi connectivity index (χ0n) is 36.9. The molecule has 0 saturated heterocycles. The van der Waals surface area contributed by atoms with E-state index in [2.05, 4.69) is 55.9 Å². The summed E-state index contributed by atoms with van der Waals surface area (Å²) >= 11 is 2.42. The zero-order valence-corrected chi connectivity index (χ0v) is 38.6. The molecule has 0 bridgehead atoms. The molecule has 2 aromatic rings. The fourth-order valence-electron chi connectivity index (χ4n) is 6.58. The van der Waals surface area contributed by atoms with Crippen molar-refractivity contribution in [3.8, 4) is 11.8 Å². The van der Waals surface area contributed by atoms with Crippen LogP contribution in [0.15, 0.2) is 12.2 Å². The number of aromatic nitrogens is 4. The molecule has 4 heterocycles. The molecule has 0 aromatic carbocycles. The van der Waals surface area contributed by atoms with Crippen LogP contribution < -0.4 is 14.8 Å². The van der Waals surface area contributed by atoms with Gasteiger partial charge in [-0.25, -0.2) is 0 Å². The monoisotopic (exact) mass is 822 g/mol. The molecule has 1 atom stereocenters. The number of carbonyl (C=O) groups is 1. The number of nitrogens with zero attached hydrogens (tertiary/aromatic N) is 5. The standard InChI is InChI=1S/C31H56N3O3S.C9H13N3OS.2C2H6/c1-4-6-8-10-11-12-13-14-15-16-17-18-19-23-29(35)37-27-34(3)24-21-22-28(26-34)30-31(33-38-32-30)36-25-20-9-7-5-2;1-2-13-9-8(11-14-12-9)7-4-3-5-10-6-7;2*1-2/h22H,4-21,23-27H2,1-3H3;4,10H,2-3,5-6H2,1H3;2*1-2H3/q+1;;;. The Morgan fingerprint density at radius 2 is 1.20 bits per heavy atom. The molecule has 0 fully saturated rings. The van der Waals surface area contributed by atoms with Gasteiger partial charge in [-0.15, -0.1) is 8.75 Å². The van der Waals surface area contributed by atoms with Crippen molar-refractivity contribution in [2.45, 2.75) is 177 Å². The van der Waals surface area contributed by atoms with Crippen LogP contribution in [0, 0.1) is 0 Å². The molecular formula is C44H81N6O4S2+. The van der Waals surface area contributed by atoms with Gasteiger partial charge in [-0.2, -0.15) is 8.75 Å². The van der Waals surface area contributed by atoms with E-state index in [-0.39, 0.29) is 5.97 Å². The zero-order chi connectivity index (χ0) is 41.1. The molecule has 12 heteroatoms. The second-order valence-corrected chi connectivity index (χ2v) is 15.6. The fraction of sp³-hybridized carbons (Fsp3) is 0.795. The third-order valence-electron chi connectivity index (χ3n) is 9.70. The van der Waals surface area contributed by atoms with E-state index < -0.39 is 0 Å². The van der Waals surface area contributed by atoms with Crippen LogP contribution in [0.25, 0.3) is 11.1 Å². The summed E-state index contributed by atoms with van der Waals surface area (Å²) in [5.41, 5.74) is 4.13. The number of esters is 1. The maximum atomic E-state index is 12.4. The second kappa shape index (κ2) is 34.6. The van der Waals surface area contributed by atoms with Gasteiger partial charge in [0.1, 0.15) is 17.9 Å². The third-order valence-corrected chi connectivity index (χ3v) is 10.7. The third kappa shape index (κ3) is 22.5. The molecule has 1 unspecified atom stereocenters. The minimum Gasteiger partial charge on any atom is -0.476 e. The predicted octanol–water partition coefficient (Wildman–Crippen LogP) is 12.1. The van der Waals surface area contributed by atoms with E-state index in [0.29, 0.717) is 42.6 Å². The summed E-state index contributed by atoms with van der Waals surface area (Å²) in [4.78, 5) is 12.4. The van der Waals surface area contributed by atoms with Gasteiger partial charge >= 0.3 is 5.97 Å². The number of carbonyl (C=O) groups excluding carboxylic acids is 1. The van der Waals surface area contributed by atoms with E-state index in [1.807, 2.05) is 34.6 Å². The highest BCUT2D eigenvalue weighted by Gasteiger charge is 2.31. The Morgan fingerprint density at radius 3 is 1.75 bits per heavy atom. The second-order valence-electron chi connectivity index (χ2n) is 14.5. The van der Waals surface area contributed by atoms with E-state index in [9.17, 15) is 4.79 Å². The molecule has 0 saturated carbocycles. The summed E-state index contributed by atoms with van der Waals surface area (Å²) in [5, 5.41) is 3.31. The molecule has 2 aromatic heterocycles. The number of hydrogen-bond donors (Lipinski definition) is 1. The van der Waals surface area contributed by atoms with Crippen molar-refractivity contribution < 1.29 is 23.5 Å². The van der Waals surface area contributed by atoms with Gasteiger partial charge in [0, 0.05) is 25.0 Å². The first-order valence-corrected chi connectivity index (χ1v) is 23.9. The Balaban J connectivity index is 0.000000717. The molecular weight excluding hydrogens is 741 g/mol. The first kappa shape index (κ1) is 51.6. The number of likely N-dealkylation sites (N-methyl/N-ethyl adjacent to an activating group) is 1. The van der Waals surface area contributed by atoms with E-state index in [1.165, 1.54) is 119 Å². The lowest BCUT2D eigenvalue weighted by Crippen LogP contribution is -2.49. The Labute approximate surface area is 350 Å². The molecule has 2 aliphatic rings. The first-order chi connectivity index (χ1) is 27.5. The quantitative estimate of drug-likeness (QED) is 0.0563. The average molecular weight is 822 g/mol. The van der Waals surface area contributed by atoms with Crippen LogP contribution in [-0.2, 0) is 9.53 Å². The summed E-state index contributed by atoms with van der Waals surface area (Å²) in [7, 11) is 2.16. The van der Waals surface area contributed by atoms with Gasteiger partial charge in [0.25, 0.3) is 11.8 Å². The molecule has 322 valence electrons. The van der Waals surface area contributed by atoms with Crippen molar-refractivity contribution in [1.82, 2.24) is 22.8 Å². The van der Waals surface area contributed by atoms with E-state index in [1.54, 1.807) is 0 Å². The molecule has 1 N–H and O–H groups in total. The maximum Gasteiger partial charge on any atom is 0.310 e. The summed E-state index contributed by atoms with van der Waals surface area (Å²) in [6.07, 6.45) is 28.7. The van der Waals surface area contributed by atoms with E-state index in [0.717, 1.165) is 75.2 Å². The Kier molecular flexibility index (Phi) is 31.9. The smallest absolute Gasteiger partial charge is 0.310 e. The highest BCUT2D eigenvalue weighted by atomic mass is 32.1. The topological polar surface area (TPSA) is 108 Å². The van der Waals surface area contributed by atoms with Crippen LogP contribution in [0.3, 0.4) is 0 Å². The number of unbranched alkanes of at least 4 members (excludes halogenated alkanes) is 15. The lowest BCUT2D eigenvalue weighted by Gasteiger charge is -2.36. The average Bonchev–Trinajstić information content (AvgIpc) is 3.91. The summed E-state index contributed by atoms with van der Waals surface area (Å²) in [5.74, 6) is 1.27. The number of quaternary nitrogens is 1. The maximum absolute atomic E-state index is 12.4. The summed E-state index contributed by atoms with van der Waals surface area (Å²) in [6.45, 7) is 19.8. The molecule has 0 spiro atoms. The lowest BCUT2D eigenvalue weighted by atomic mass is 10.0. The van der Waals surface area contributed by atoms with Crippen molar-refractivity contribution in [1.29, 1.82) is 0 Å². The van der Waals surface area contributed by atoms with Gasteiger partial charge in [0.05, 0.1) is 50.3 Å². The largest absolute Gasteiger partial charge is 0.476 e. The van der Waals surface area contributed by atoms with Crippen molar-refractivity contribution in [2.24, 2.45) is 0 Å².